The van der Waals surface area contributed by atoms with Crippen LogP contribution in [0.3, 0.4) is 0 Å². The molecule has 1 N–H and O–H groups in total. The minimum absolute atomic E-state index is 0.0729. The van der Waals surface area contributed by atoms with E-state index in [0.717, 1.165) is 19.3 Å². The molecule has 0 aromatic heterocycles. The highest BCUT2D eigenvalue weighted by atomic mass is 16.2. The fourth-order valence-electron chi connectivity index (χ4n) is 1.79. The summed E-state index contributed by atoms with van der Waals surface area (Å²) in [7, 11) is 0. The van der Waals surface area contributed by atoms with E-state index in [-0.39, 0.29) is 17.7 Å². The predicted octanol–water partition coefficient (Wildman–Crippen LogP) is 1.24. The molecule has 0 saturated carbocycles. The number of rotatable bonds is 8. The summed E-state index contributed by atoms with van der Waals surface area (Å²) >= 11 is 0. The number of unbranched alkanes of at least 4 members (excludes halogenated alkanes) is 2. The highest BCUT2D eigenvalue weighted by Crippen LogP contribution is 2.07. The van der Waals surface area contributed by atoms with Crippen molar-refractivity contribution < 1.29 is 14.4 Å². The van der Waals surface area contributed by atoms with E-state index in [1.54, 1.807) is 0 Å². The summed E-state index contributed by atoms with van der Waals surface area (Å²) < 4.78 is 0. The second kappa shape index (κ2) is 7.71. The highest BCUT2D eigenvalue weighted by Gasteiger charge is 2.22. The molecule has 1 rings (SSSR count). The van der Waals surface area contributed by atoms with Crippen molar-refractivity contribution in [3.8, 4) is 0 Å². The van der Waals surface area contributed by atoms with Crippen LogP contribution in [0.25, 0.3) is 0 Å². The number of carbonyl (C=O) groups is 3. The fraction of sp³-hybridized carbons (Fsp3) is 0.643. The van der Waals surface area contributed by atoms with Crippen LogP contribution in [0.5, 0.6) is 0 Å². The van der Waals surface area contributed by atoms with Gasteiger partial charge in [0, 0.05) is 31.7 Å². The molecule has 0 aliphatic carbocycles. The van der Waals surface area contributed by atoms with Gasteiger partial charge >= 0.3 is 0 Å². The van der Waals surface area contributed by atoms with Crippen molar-refractivity contribution in [3.63, 3.8) is 0 Å². The molecule has 0 saturated heterocycles. The maximum Gasteiger partial charge on any atom is 0.253 e. The van der Waals surface area contributed by atoms with E-state index in [1.807, 2.05) is 0 Å². The van der Waals surface area contributed by atoms with E-state index in [9.17, 15) is 14.4 Å². The van der Waals surface area contributed by atoms with Gasteiger partial charge in [0.15, 0.2) is 0 Å². The number of amides is 3. The van der Waals surface area contributed by atoms with Gasteiger partial charge in [-0.05, 0) is 18.8 Å². The van der Waals surface area contributed by atoms with Crippen molar-refractivity contribution in [1.82, 2.24) is 10.2 Å². The van der Waals surface area contributed by atoms with E-state index in [2.05, 4.69) is 19.2 Å². The van der Waals surface area contributed by atoms with Crippen LogP contribution in [-0.2, 0) is 14.4 Å². The lowest BCUT2D eigenvalue weighted by molar-refractivity contribution is -0.136. The number of carbonyl (C=O) groups excluding carboxylic acids is 3. The molecule has 0 unspecified atom stereocenters. The third kappa shape index (κ3) is 5.68. The molecular weight excluding hydrogens is 244 g/mol. The van der Waals surface area contributed by atoms with Gasteiger partial charge < -0.3 is 5.32 Å². The van der Waals surface area contributed by atoms with E-state index < -0.39 is 0 Å². The lowest BCUT2D eigenvalue weighted by Gasteiger charge is -2.13. The average molecular weight is 266 g/mol. The number of nitrogens with one attached hydrogen (secondary N) is 1. The van der Waals surface area contributed by atoms with Crippen LogP contribution in [-0.4, -0.2) is 35.7 Å². The van der Waals surface area contributed by atoms with Gasteiger partial charge in [0.1, 0.15) is 0 Å². The molecule has 1 heterocycles. The summed E-state index contributed by atoms with van der Waals surface area (Å²) in [5.41, 5.74) is 0. The number of nitrogens with zero attached hydrogens (tertiary/aromatic N) is 1. The van der Waals surface area contributed by atoms with Crippen LogP contribution in [0, 0.1) is 5.92 Å². The third-order valence-electron chi connectivity index (χ3n) is 2.89. The van der Waals surface area contributed by atoms with E-state index in [1.165, 1.54) is 17.1 Å². The number of imide groups is 1. The Kier molecular flexibility index (Phi) is 6.25. The average Bonchev–Trinajstić information content (AvgIpc) is 2.67. The van der Waals surface area contributed by atoms with Crippen LogP contribution in [0.4, 0.5) is 0 Å². The smallest absolute Gasteiger partial charge is 0.253 e. The second-order valence-electron chi connectivity index (χ2n) is 5.17. The van der Waals surface area contributed by atoms with Crippen molar-refractivity contribution in [2.24, 2.45) is 5.92 Å². The molecule has 0 bridgehead atoms. The van der Waals surface area contributed by atoms with Crippen LogP contribution >= 0.6 is 0 Å². The monoisotopic (exact) mass is 266 g/mol. The highest BCUT2D eigenvalue weighted by molar-refractivity contribution is 6.12. The molecule has 0 atom stereocenters. The Hall–Kier alpha value is -1.65. The van der Waals surface area contributed by atoms with Gasteiger partial charge in [-0.15, -0.1) is 0 Å². The van der Waals surface area contributed by atoms with Gasteiger partial charge in [-0.3, -0.25) is 19.3 Å². The van der Waals surface area contributed by atoms with Crippen LogP contribution in [0.2, 0.25) is 0 Å². The summed E-state index contributed by atoms with van der Waals surface area (Å²) in [6, 6.07) is 0. The lowest BCUT2D eigenvalue weighted by atomic mass is 10.1. The Balaban J connectivity index is 2.04. The Morgan fingerprint density at radius 1 is 1.16 bits per heavy atom. The minimum Gasteiger partial charge on any atom is -0.356 e. The summed E-state index contributed by atoms with van der Waals surface area (Å²) in [6.07, 6.45) is 5.46. The minimum atomic E-state index is -0.236. The lowest BCUT2D eigenvalue weighted by Crippen LogP contribution is -2.31. The summed E-state index contributed by atoms with van der Waals surface area (Å²) in [4.78, 5) is 35.2. The molecule has 0 fully saturated rings. The van der Waals surface area contributed by atoms with E-state index >= 15 is 0 Å². The zero-order valence-electron chi connectivity index (χ0n) is 11.6. The van der Waals surface area contributed by atoms with Crippen molar-refractivity contribution in [2.75, 3.05) is 13.1 Å². The maximum absolute atomic E-state index is 11.4. The van der Waals surface area contributed by atoms with Gasteiger partial charge in [-0.25, -0.2) is 0 Å². The Labute approximate surface area is 114 Å². The Bertz CT molecular complexity index is 357. The zero-order valence-corrected chi connectivity index (χ0v) is 11.6. The van der Waals surface area contributed by atoms with E-state index in [0.29, 0.717) is 25.4 Å². The van der Waals surface area contributed by atoms with Crippen molar-refractivity contribution in [2.45, 2.75) is 39.5 Å². The van der Waals surface area contributed by atoms with Crippen LogP contribution < -0.4 is 5.32 Å². The van der Waals surface area contributed by atoms with Crippen molar-refractivity contribution in [3.05, 3.63) is 12.2 Å². The normalized spacial score (nSPS) is 14.6. The first-order chi connectivity index (χ1) is 9.00. The summed E-state index contributed by atoms with van der Waals surface area (Å²) in [5.74, 6) is 0.0617. The SMILES string of the molecule is CC(C)CNC(=O)CCCCCN1C(=O)C=CC1=O. The van der Waals surface area contributed by atoms with Crippen LogP contribution in [0.15, 0.2) is 12.2 Å². The summed E-state index contributed by atoms with van der Waals surface area (Å²) in [6.45, 7) is 5.26. The molecule has 0 aromatic rings. The first kappa shape index (κ1) is 15.4. The second-order valence-corrected chi connectivity index (χ2v) is 5.17. The van der Waals surface area contributed by atoms with Crippen LogP contribution in [0.1, 0.15) is 39.5 Å². The van der Waals surface area contributed by atoms with Gasteiger partial charge in [-0.2, -0.15) is 0 Å². The first-order valence-corrected chi connectivity index (χ1v) is 6.81. The molecule has 0 spiro atoms. The quantitative estimate of drug-likeness (QED) is 0.531. The van der Waals surface area contributed by atoms with Crippen molar-refractivity contribution in [1.29, 1.82) is 0 Å². The molecule has 3 amide bonds. The molecule has 19 heavy (non-hydrogen) atoms. The maximum atomic E-state index is 11.4. The predicted molar refractivity (Wildman–Crippen MR) is 72.2 cm³/mol. The van der Waals surface area contributed by atoms with Gasteiger partial charge in [-0.1, -0.05) is 20.3 Å². The van der Waals surface area contributed by atoms with E-state index in [4.69, 9.17) is 0 Å². The molecule has 106 valence electrons. The fourth-order valence-corrected chi connectivity index (χ4v) is 1.79. The molecule has 1 aliphatic heterocycles. The molecule has 5 heteroatoms. The zero-order chi connectivity index (χ0) is 14.3. The third-order valence-corrected chi connectivity index (χ3v) is 2.89. The standard InChI is InChI=1S/C14H22N2O3/c1-11(2)10-15-12(17)6-4-3-5-9-16-13(18)7-8-14(16)19/h7-8,11H,3-6,9-10H2,1-2H3,(H,15,17). The molecule has 5 nitrogen and oxygen atoms in total. The first-order valence-electron chi connectivity index (χ1n) is 6.81. The summed E-state index contributed by atoms with van der Waals surface area (Å²) in [5, 5.41) is 2.86. The molecule has 0 aromatic carbocycles. The van der Waals surface area contributed by atoms with Gasteiger partial charge in [0.25, 0.3) is 11.8 Å². The number of hydrogen-bond donors (Lipinski definition) is 1. The number of hydrogen-bond acceptors (Lipinski definition) is 3. The topological polar surface area (TPSA) is 66.5 Å². The molecule has 1 aliphatic rings. The van der Waals surface area contributed by atoms with Gasteiger partial charge in [0.05, 0.1) is 0 Å². The van der Waals surface area contributed by atoms with Gasteiger partial charge in [0.2, 0.25) is 5.91 Å². The van der Waals surface area contributed by atoms with Crippen molar-refractivity contribution >= 4 is 17.7 Å². The Morgan fingerprint density at radius 2 is 1.79 bits per heavy atom. The molecular formula is C14H22N2O3. The Morgan fingerprint density at radius 3 is 2.37 bits per heavy atom. The largest absolute Gasteiger partial charge is 0.356 e. The molecule has 0 radical (unpaired) electrons.